The van der Waals surface area contributed by atoms with Crippen molar-refractivity contribution >= 4 is 17.5 Å². The lowest BCUT2D eigenvalue weighted by Crippen LogP contribution is -2.38. The van der Waals surface area contributed by atoms with Gasteiger partial charge in [0.25, 0.3) is 5.91 Å². The quantitative estimate of drug-likeness (QED) is 0.886. The molecule has 2 atom stereocenters. The highest BCUT2D eigenvalue weighted by atomic mass is 35.5. The summed E-state index contributed by atoms with van der Waals surface area (Å²) >= 11 is 5.84. The van der Waals surface area contributed by atoms with Crippen LogP contribution in [0.4, 0.5) is 4.39 Å². The summed E-state index contributed by atoms with van der Waals surface area (Å²) in [5, 5.41) is 11.8. The Bertz CT molecular complexity index is 451. The van der Waals surface area contributed by atoms with Crippen molar-refractivity contribution in [1.82, 2.24) is 5.32 Å². The molecule has 0 radical (unpaired) electrons. The van der Waals surface area contributed by atoms with Gasteiger partial charge in [0.05, 0.1) is 10.6 Å². The number of nitrogens with one attached hydrogen (secondary N) is 1. The van der Waals surface area contributed by atoms with Gasteiger partial charge >= 0.3 is 0 Å². The maximum atomic E-state index is 13.2. The number of aryl methyl sites for hydroxylation is 1. The van der Waals surface area contributed by atoms with Gasteiger partial charge in [0, 0.05) is 12.6 Å². The lowest BCUT2D eigenvalue weighted by Gasteiger charge is -2.19. The van der Waals surface area contributed by atoms with Crippen molar-refractivity contribution < 1.29 is 14.3 Å². The van der Waals surface area contributed by atoms with Crippen LogP contribution in [-0.4, -0.2) is 23.7 Å². The summed E-state index contributed by atoms with van der Waals surface area (Å²) in [6.45, 7) is 5.17. The van der Waals surface area contributed by atoms with Gasteiger partial charge < -0.3 is 10.4 Å². The third kappa shape index (κ3) is 3.43. The fourth-order valence-electron chi connectivity index (χ4n) is 1.42. The van der Waals surface area contributed by atoms with Crippen molar-refractivity contribution in [3.8, 4) is 0 Å². The molecular formula is C13H17ClFNO2. The maximum absolute atomic E-state index is 13.2. The molecule has 3 nitrogen and oxygen atoms in total. The molecule has 100 valence electrons. The van der Waals surface area contributed by atoms with Gasteiger partial charge in [0.1, 0.15) is 5.82 Å². The molecular weight excluding hydrogens is 257 g/mol. The molecule has 0 spiro atoms. The zero-order valence-corrected chi connectivity index (χ0v) is 11.4. The molecule has 0 bridgehead atoms. The van der Waals surface area contributed by atoms with Gasteiger partial charge in [-0.1, -0.05) is 18.5 Å². The number of carbonyl (C=O) groups is 1. The van der Waals surface area contributed by atoms with E-state index in [2.05, 4.69) is 5.32 Å². The predicted octanol–water partition coefficient (Wildman–Crippen LogP) is 2.53. The van der Waals surface area contributed by atoms with E-state index in [1.807, 2.05) is 6.92 Å². The fourth-order valence-corrected chi connectivity index (χ4v) is 1.65. The Morgan fingerprint density at radius 2 is 2.11 bits per heavy atom. The SMILES string of the molecule is Cc1cc(C(=O)NC(C)C(C)CO)c(Cl)cc1F. The Morgan fingerprint density at radius 3 is 2.67 bits per heavy atom. The first-order valence-corrected chi connectivity index (χ1v) is 6.12. The Kier molecular flexibility index (Phi) is 5.11. The first-order chi connectivity index (χ1) is 8.36. The molecule has 2 N–H and O–H groups in total. The Balaban J connectivity index is 2.88. The largest absolute Gasteiger partial charge is 0.396 e. The number of amides is 1. The van der Waals surface area contributed by atoms with Crippen molar-refractivity contribution in [3.63, 3.8) is 0 Å². The average Bonchev–Trinajstić information content (AvgIpc) is 2.32. The molecule has 1 amide bonds. The predicted molar refractivity (Wildman–Crippen MR) is 69.3 cm³/mol. The molecule has 0 aliphatic rings. The second kappa shape index (κ2) is 6.16. The topological polar surface area (TPSA) is 49.3 Å². The lowest BCUT2D eigenvalue weighted by atomic mass is 10.0. The fraction of sp³-hybridized carbons (Fsp3) is 0.462. The first-order valence-electron chi connectivity index (χ1n) is 5.74. The van der Waals surface area contributed by atoms with Crippen LogP contribution in [0.25, 0.3) is 0 Å². The van der Waals surface area contributed by atoms with Crippen molar-refractivity contribution in [2.75, 3.05) is 6.61 Å². The van der Waals surface area contributed by atoms with E-state index < -0.39 is 5.82 Å². The van der Waals surface area contributed by atoms with Crippen LogP contribution in [0.1, 0.15) is 29.8 Å². The Morgan fingerprint density at radius 1 is 1.50 bits per heavy atom. The summed E-state index contributed by atoms with van der Waals surface area (Å²) < 4.78 is 13.2. The molecule has 1 aromatic carbocycles. The number of hydrogen-bond acceptors (Lipinski definition) is 2. The van der Waals surface area contributed by atoms with E-state index in [1.165, 1.54) is 6.07 Å². The third-order valence-electron chi connectivity index (χ3n) is 2.99. The minimum absolute atomic E-state index is 0.0162. The zero-order valence-electron chi connectivity index (χ0n) is 10.6. The summed E-state index contributed by atoms with van der Waals surface area (Å²) in [6, 6.07) is 2.36. The molecule has 0 fully saturated rings. The molecule has 0 aliphatic heterocycles. The minimum atomic E-state index is -0.437. The zero-order chi connectivity index (χ0) is 13.9. The van der Waals surface area contributed by atoms with Gasteiger partial charge in [-0.2, -0.15) is 0 Å². The Labute approximate surface area is 111 Å². The number of benzene rings is 1. The molecule has 0 saturated carbocycles. The monoisotopic (exact) mass is 273 g/mol. The molecule has 0 aliphatic carbocycles. The molecule has 0 aromatic heterocycles. The summed E-state index contributed by atoms with van der Waals surface area (Å²) in [7, 11) is 0. The van der Waals surface area contributed by atoms with Gasteiger partial charge in [-0.3, -0.25) is 4.79 Å². The van der Waals surface area contributed by atoms with E-state index in [4.69, 9.17) is 16.7 Å². The van der Waals surface area contributed by atoms with Crippen LogP contribution < -0.4 is 5.32 Å². The van der Waals surface area contributed by atoms with Crippen molar-refractivity contribution in [2.24, 2.45) is 5.92 Å². The van der Waals surface area contributed by atoms with Gasteiger partial charge in [-0.05, 0) is 37.5 Å². The van der Waals surface area contributed by atoms with Gasteiger partial charge in [0.15, 0.2) is 0 Å². The molecule has 5 heteroatoms. The van der Waals surface area contributed by atoms with E-state index in [1.54, 1.807) is 13.8 Å². The molecule has 1 aromatic rings. The van der Waals surface area contributed by atoms with Gasteiger partial charge in [-0.15, -0.1) is 0 Å². The highest BCUT2D eigenvalue weighted by molar-refractivity contribution is 6.33. The number of rotatable bonds is 4. The summed E-state index contributed by atoms with van der Waals surface area (Å²) in [5.41, 5.74) is 0.611. The standard InChI is InChI=1S/C13H17ClFNO2/c1-7-4-10(11(14)5-12(7)15)13(18)16-9(3)8(2)6-17/h4-5,8-9,17H,6H2,1-3H3,(H,16,18). The lowest BCUT2D eigenvalue weighted by molar-refractivity contribution is 0.0916. The number of halogens is 2. The number of carbonyl (C=O) groups excluding carboxylic acids is 1. The van der Waals surface area contributed by atoms with Crippen LogP contribution in [-0.2, 0) is 0 Å². The van der Waals surface area contributed by atoms with E-state index in [-0.39, 0.29) is 35.1 Å². The highest BCUT2D eigenvalue weighted by Crippen LogP contribution is 2.20. The average molecular weight is 274 g/mol. The second-order valence-corrected chi connectivity index (χ2v) is 4.91. The summed E-state index contributed by atoms with van der Waals surface area (Å²) in [4.78, 5) is 12.0. The minimum Gasteiger partial charge on any atom is -0.396 e. The molecule has 18 heavy (non-hydrogen) atoms. The van der Waals surface area contributed by atoms with Gasteiger partial charge in [-0.25, -0.2) is 4.39 Å². The van der Waals surface area contributed by atoms with Crippen LogP contribution in [0.2, 0.25) is 5.02 Å². The van der Waals surface area contributed by atoms with Crippen molar-refractivity contribution in [1.29, 1.82) is 0 Å². The molecule has 0 saturated heterocycles. The van der Waals surface area contributed by atoms with E-state index >= 15 is 0 Å². The van der Waals surface area contributed by atoms with E-state index in [9.17, 15) is 9.18 Å². The number of aliphatic hydroxyl groups is 1. The van der Waals surface area contributed by atoms with Crippen LogP contribution in [0.5, 0.6) is 0 Å². The van der Waals surface area contributed by atoms with E-state index in [0.29, 0.717) is 5.56 Å². The number of hydrogen-bond donors (Lipinski definition) is 2. The van der Waals surface area contributed by atoms with Crippen LogP contribution in [0, 0.1) is 18.7 Å². The van der Waals surface area contributed by atoms with Crippen LogP contribution in [0.3, 0.4) is 0 Å². The molecule has 2 unspecified atom stereocenters. The Hall–Kier alpha value is -1.13. The van der Waals surface area contributed by atoms with Crippen LogP contribution in [0.15, 0.2) is 12.1 Å². The molecule has 0 heterocycles. The normalized spacial score (nSPS) is 14.1. The van der Waals surface area contributed by atoms with Gasteiger partial charge in [0.2, 0.25) is 0 Å². The van der Waals surface area contributed by atoms with Crippen molar-refractivity contribution in [3.05, 3.63) is 34.1 Å². The summed E-state index contributed by atoms with van der Waals surface area (Å²) in [6.07, 6.45) is 0. The smallest absolute Gasteiger partial charge is 0.253 e. The van der Waals surface area contributed by atoms with Crippen LogP contribution >= 0.6 is 11.6 Å². The third-order valence-corrected chi connectivity index (χ3v) is 3.31. The molecule has 1 rings (SSSR count). The summed E-state index contributed by atoms with van der Waals surface area (Å²) in [5.74, 6) is -0.863. The van der Waals surface area contributed by atoms with E-state index in [0.717, 1.165) is 6.07 Å². The maximum Gasteiger partial charge on any atom is 0.253 e. The first kappa shape index (κ1) is 14.9. The number of aliphatic hydroxyl groups excluding tert-OH is 1. The highest BCUT2D eigenvalue weighted by Gasteiger charge is 2.18. The van der Waals surface area contributed by atoms with Crippen molar-refractivity contribution in [2.45, 2.75) is 26.8 Å². The second-order valence-electron chi connectivity index (χ2n) is 4.50.